The molecule has 0 bridgehead atoms. The van der Waals surface area contributed by atoms with Gasteiger partial charge in [-0.25, -0.2) is 4.79 Å². The number of nitrogens with one attached hydrogen (secondary N) is 1. The number of anilines is 1. The molecule has 1 aliphatic rings. The second-order valence-electron chi connectivity index (χ2n) is 5.53. The van der Waals surface area contributed by atoms with Crippen molar-refractivity contribution in [2.24, 2.45) is 5.41 Å². The molecular weight excluding hydrogens is 286 g/mol. The first-order valence-corrected chi connectivity index (χ1v) is 7.26. The summed E-state index contributed by atoms with van der Waals surface area (Å²) in [5.74, 6) is -1.16. The molecular formula is C16H21NO5. The summed E-state index contributed by atoms with van der Waals surface area (Å²) in [7, 11) is 1.53. The number of rotatable bonds is 8. The van der Waals surface area contributed by atoms with Gasteiger partial charge in [-0.3, -0.25) is 4.79 Å². The van der Waals surface area contributed by atoms with Gasteiger partial charge in [-0.05, 0) is 43.5 Å². The van der Waals surface area contributed by atoms with Crippen molar-refractivity contribution in [1.29, 1.82) is 0 Å². The van der Waals surface area contributed by atoms with E-state index in [1.54, 1.807) is 6.07 Å². The average Bonchev–Trinajstić information content (AvgIpc) is 3.26. The van der Waals surface area contributed by atoms with Crippen molar-refractivity contribution >= 4 is 17.6 Å². The van der Waals surface area contributed by atoms with Gasteiger partial charge in [-0.1, -0.05) is 0 Å². The van der Waals surface area contributed by atoms with Crippen LogP contribution in [0.4, 0.5) is 5.69 Å². The van der Waals surface area contributed by atoms with Crippen LogP contribution in [0.5, 0.6) is 0 Å². The molecule has 0 saturated heterocycles. The summed E-state index contributed by atoms with van der Waals surface area (Å²) in [5, 5.41) is 12.0. The zero-order valence-corrected chi connectivity index (χ0v) is 12.8. The van der Waals surface area contributed by atoms with Crippen molar-refractivity contribution in [2.75, 3.05) is 25.6 Å². The Kier molecular flexibility index (Phi) is 5.15. The third kappa shape index (κ3) is 3.84. The molecule has 1 aliphatic carbocycles. The number of carboxylic acid groups (broad SMARTS) is 1. The second-order valence-corrected chi connectivity index (χ2v) is 5.53. The fourth-order valence-electron chi connectivity index (χ4n) is 2.29. The molecule has 6 nitrogen and oxygen atoms in total. The minimum absolute atomic E-state index is 0.119. The number of hydrogen-bond donors (Lipinski definition) is 2. The summed E-state index contributed by atoms with van der Waals surface area (Å²) in [5.41, 5.74) is 0.836. The SMILES string of the molecule is CCOCC1(C(=O)Nc2cc(COC)cc(C(=O)O)c2)CC1. The Hall–Kier alpha value is -1.92. The molecule has 1 fully saturated rings. The van der Waals surface area contributed by atoms with Crippen molar-refractivity contribution in [2.45, 2.75) is 26.4 Å². The third-order valence-corrected chi connectivity index (χ3v) is 3.73. The predicted molar refractivity (Wildman–Crippen MR) is 80.9 cm³/mol. The van der Waals surface area contributed by atoms with E-state index in [4.69, 9.17) is 14.6 Å². The smallest absolute Gasteiger partial charge is 0.335 e. The van der Waals surface area contributed by atoms with Crippen LogP contribution in [0.25, 0.3) is 0 Å². The predicted octanol–water partition coefficient (Wildman–Crippen LogP) is 2.29. The van der Waals surface area contributed by atoms with Gasteiger partial charge in [-0.2, -0.15) is 0 Å². The Morgan fingerprint density at radius 3 is 2.59 bits per heavy atom. The van der Waals surface area contributed by atoms with Gasteiger partial charge < -0.3 is 19.9 Å². The minimum Gasteiger partial charge on any atom is -0.478 e. The molecule has 0 aliphatic heterocycles. The monoisotopic (exact) mass is 307 g/mol. The van der Waals surface area contributed by atoms with Gasteiger partial charge >= 0.3 is 5.97 Å². The zero-order valence-electron chi connectivity index (χ0n) is 12.8. The lowest BCUT2D eigenvalue weighted by atomic mass is 10.1. The number of carbonyl (C=O) groups excluding carboxylic acids is 1. The third-order valence-electron chi connectivity index (χ3n) is 3.73. The van der Waals surface area contributed by atoms with Crippen molar-refractivity contribution < 1.29 is 24.2 Å². The lowest BCUT2D eigenvalue weighted by Gasteiger charge is -2.16. The van der Waals surface area contributed by atoms with Crippen LogP contribution in [0.2, 0.25) is 0 Å². The maximum Gasteiger partial charge on any atom is 0.335 e. The van der Waals surface area contributed by atoms with Gasteiger partial charge in [0.25, 0.3) is 0 Å². The standard InChI is InChI=1S/C16H21NO5/c1-3-22-10-16(4-5-16)15(20)17-13-7-11(9-21-2)6-12(8-13)14(18)19/h6-8H,3-5,9-10H2,1-2H3,(H,17,20)(H,18,19). The first-order chi connectivity index (χ1) is 10.5. The molecule has 2 N–H and O–H groups in total. The lowest BCUT2D eigenvalue weighted by Crippen LogP contribution is -2.28. The number of hydrogen-bond acceptors (Lipinski definition) is 4. The first kappa shape index (κ1) is 16.5. The van der Waals surface area contributed by atoms with Crippen molar-refractivity contribution in [1.82, 2.24) is 0 Å². The van der Waals surface area contributed by atoms with Gasteiger partial charge in [-0.15, -0.1) is 0 Å². The summed E-state index contributed by atoms with van der Waals surface area (Å²) in [4.78, 5) is 23.6. The highest BCUT2D eigenvalue weighted by Gasteiger charge is 2.50. The highest BCUT2D eigenvalue weighted by molar-refractivity contribution is 5.98. The van der Waals surface area contributed by atoms with Crippen LogP contribution >= 0.6 is 0 Å². The number of carbonyl (C=O) groups is 2. The molecule has 1 amide bonds. The summed E-state index contributed by atoms with van der Waals surface area (Å²) in [6.45, 7) is 3.15. The van der Waals surface area contributed by atoms with Crippen LogP contribution in [-0.4, -0.2) is 37.3 Å². The molecule has 0 radical (unpaired) electrons. The molecule has 0 spiro atoms. The van der Waals surface area contributed by atoms with Crippen LogP contribution in [-0.2, 0) is 20.9 Å². The molecule has 1 aromatic carbocycles. The molecule has 0 heterocycles. The summed E-state index contributed by atoms with van der Waals surface area (Å²) >= 11 is 0. The topological polar surface area (TPSA) is 84.9 Å². The number of ether oxygens (including phenoxy) is 2. The largest absolute Gasteiger partial charge is 0.478 e. The number of methoxy groups -OCH3 is 1. The van der Waals surface area contributed by atoms with E-state index in [0.717, 1.165) is 12.8 Å². The van der Waals surface area contributed by atoms with Crippen LogP contribution in [0.1, 0.15) is 35.7 Å². The van der Waals surface area contributed by atoms with Crippen molar-refractivity contribution in [3.05, 3.63) is 29.3 Å². The highest BCUT2D eigenvalue weighted by atomic mass is 16.5. The van der Waals surface area contributed by atoms with Gasteiger partial charge in [0.05, 0.1) is 24.2 Å². The molecule has 120 valence electrons. The summed E-state index contributed by atoms with van der Waals surface area (Å²) in [6.07, 6.45) is 1.59. The molecule has 0 atom stereocenters. The molecule has 0 aromatic heterocycles. The average molecular weight is 307 g/mol. The van der Waals surface area contributed by atoms with E-state index >= 15 is 0 Å². The van der Waals surface area contributed by atoms with E-state index < -0.39 is 11.4 Å². The van der Waals surface area contributed by atoms with E-state index in [1.165, 1.54) is 19.2 Å². The molecule has 1 saturated carbocycles. The van der Waals surface area contributed by atoms with Crippen LogP contribution in [0.3, 0.4) is 0 Å². The molecule has 6 heteroatoms. The van der Waals surface area contributed by atoms with E-state index in [0.29, 0.717) is 24.5 Å². The molecule has 0 unspecified atom stereocenters. The van der Waals surface area contributed by atoms with E-state index in [-0.39, 0.29) is 18.1 Å². The number of aromatic carboxylic acids is 1. The zero-order chi connectivity index (χ0) is 16.2. The quantitative estimate of drug-likeness (QED) is 0.769. The van der Waals surface area contributed by atoms with E-state index in [1.807, 2.05) is 6.92 Å². The highest BCUT2D eigenvalue weighted by Crippen LogP contribution is 2.46. The second kappa shape index (κ2) is 6.89. The number of amides is 1. The van der Waals surface area contributed by atoms with Crippen LogP contribution < -0.4 is 5.32 Å². The van der Waals surface area contributed by atoms with Crippen LogP contribution in [0.15, 0.2) is 18.2 Å². The van der Waals surface area contributed by atoms with Crippen molar-refractivity contribution in [3.63, 3.8) is 0 Å². The van der Waals surface area contributed by atoms with Gasteiger partial charge in [0.15, 0.2) is 0 Å². The normalized spacial score (nSPS) is 15.4. The summed E-state index contributed by atoms with van der Waals surface area (Å²) in [6, 6.07) is 4.72. The maximum atomic E-state index is 12.4. The van der Waals surface area contributed by atoms with E-state index in [2.05, 4.69) is 5.32 Å². The van der Waals surface area contributed by atoms with Gasteiger partial charge in [0, 0.05) is 19.4 Å². The number of carboxylic acids is 1. The number of benzene rings is 1. The molecule has 1 aromatic rings. The first-order valence-electron chi connectivity index (χ1n) is 7.26. The molecule has 2 rings (SSSR count). The lowest BCUT2D eigenvalue weighted by molar-refractivity contribution is -0.123. The van der Waals surface area contributed by atoms with Crippen molar-refractivity contribution in [3.8, 4) is 0 Å². The Labute approximate surface area is 129 Å². The fraction of sp³-hybridized carbons (Fsp3) is 0.500. The van der Waals surface area contributed by atoms with Crippen LogP contribution in [0, 0.1) is 5.41 Å². The van der Waals surface area contributed by atoms with Gasteiger partial charge in [0.1, 0.15) is 0 Å². The summed E-state index contributed by atoms with van der Waals surface area (Å²) < 4.78 is 10.4. The minimum atomic E-state index is -1.04. The Balaban J connectivity index is 2.14. The maximum absolute atomic E-state index is 12.4. The van der Waals surface area contributed by atoms with E-state index in [9.17, 15) is 9.59 Å². The Bertz CT molecular complexity index is 566. The Morgan fingerprint density at radius 2 is 2.05 bits per heavy atom. The fourth-order valence-corrected chi connectivity index (χ4v) is 2.29. The van der Waals surface area contributed by atoms with Gasteiger partial charge in [0.2, 0.25) is 5.91 Å². The molecule has 22 heavy (non-hydrogen) atoms. The Morgan fingerprint density at radius 1 is 1.32 bits per heavy atom.